The first-order valence-electron chi connectivity index (χ1n) is 8.72. The Morgan fingerprint density at radius 1 is 1.29 bits per heavy atom. The van der Waals surface area contributed by atoms with Crippen LogP contribution < -0.4 is 4.74 Å². The molecule has 0 N–H and O–H groups in total. The first-order chi connectivity index (χ1) is 13.3. The van der Waals surface area contributed by atoms with E-state index in [-0.39, 0.29) is 17.9 Å². The van der Waals surface area contributed by atoms with Gasteiger partial charge in [0, 0.05) is 0 Å². The van der Waals surface area contributed by atoms with E-state index in [0.717, 1.165) is 5.56 Å². The summed E-state index contributed by atoms with van der Waals surface area (Å²) in [6.07, 6.45) is 0. The lowest BCUT2D eigenvalue weighted by molar-refractivity contribution is -0.431. The molecule has 0 radical (unpaired) electrons. The molecule has 0 saturated carbocycles. The van der Waals surface area contributed by atoms with E-state index in [1.165, 1.54) is 0 Å². The molecule has 0 spiro atoms. The summed E-state index contributed by atoms with van der Waals surface area (Å²) in [5.41, 5.74) is -1.45. The summed E-state index contributed by atoms with van der Waals surface area (Å²) in [4.78, 5) is 37.4. The zero-order chi connectivity index (χ0) is 20.5. The number of ketones is 1. The summed E-state index contributed by atoms with van der Waals surface area (Å²) in [5.74, 6) is -2.84. The monoisotopic (exact) mass is 381 g/mol. The summed E-state index contributed by atoms with van der Waals surface area (Å²) < 4.78 is 11.0. The van der Waals surface area contributed by atoms with Crippen molar-refractivity contribution in [2.24, 2.45) is 0 Å². The van der Waals surface area contributed by atoms with Gasteiger partial charge < -0.3 is 9.47 Å². The Morgan fingerprint density at radius 2 is 1.96 bits per heavy atom. The SMILES string of the molecule is C=C([C@H](c1ccccc1)[C@@]1(C(=O)OCC)Oc2ccc(C)cc2C1=O)[N+](=O)[O-]. The Balaban J connectivity index is 2.27. The average molecular weight is 381 g/mol. The number of nitro groups is 1. The van der Waals surface area contributed by atoms with Gasteiger partial charge in [-0.15, -0.1) is 0 Å². The molecule has 2 atom stereocenters. The van der Waals surface area contributed by atoms with Gasteiger partial charge in [0.15, 0.2) is 0 Å². The maximum Gasteiger partial charge on any atom is 0.360 e. The number of carbonyl (C=O) groups is 2. The Bertz CT molecular complexity index is 968. The van der Waals surface area contributed by atoms with Gasteiger partial charge in [-0.2, -0.15) is 0 Å². The molecule has 7 nitrogen and oxygen atoms in total. The molecule has 1 aliphatic rings. The molecule has 3 rings (SSSR count). The van der Waals surface area contributed by atoms with E-state index in [2.05, 4.69) is 6.58 Å². The van der Waals surface area contributed by atoms with Crippen LogP contribution in [0.25, 0.3) is 0 Å². The summed E-state index contributed by atoms with van der Waals surface area (Å²) in [5, 5.41) is 11.6. The van der Waals surface area contributed by atoms with Gasteiger partial charge in [0.1, 0.15) is 11.7 Å². The number of ether oxygens (including phenoxy) is 2. The number of esters is 1. The molecule has 1 aliphatic heterocycles. The van der Waals surface area contributed by atoms with Gasteiger partial charge in [0.05, 0.1) is 17.1 Å². The van der Waals surface area contributed by atoms with Crippen LogP contribution in [0.3, 0.4) is 0 Å². The number of carbonyl (C=O) groups excluding carboxylic acids is 2. The van der Waals surface area contributed by atoms with Gasteiger partial charge in [0.2, 0.25) is 5.78 Å². The molecule has 0 unspecified atom stereocenters. The van der Waals surface area contributed by atoms with Gasteiger partial charge in [-0.05, 0) is 38.1 Å². The van der Waals surface area contributed by atoms with E-state index in [4.69, 9.17) is 9.47 Å². The molecule has 0 amide bonds. The zero-order valence-electron chi connectivity index (χ0n) is 15.5. The predicted molar refractivity (Wildman–Crippen MR) is 101 cm³/mol. The van der Waals surface area contributed by atoms with Crippen LogP contribution in [0.15, 0.2) is 60.8 Å². The van der Waals surface area contributed by atoms with Crippen molar-refractivity contribution in [1.29, 1.82) is 0 Å². The van der Waals surface area contributed by atoms with Crippen LogP contribution in [0.4, 0.5) is 0 Å². The first kappa shape index (κ1) is 19.3. The second kappa shape index (κ2) is 7.26. The second-order valence-corrected chi connectivity index (χ2v) is 6.48. The van der Waals surface area contributed by atoms with Crippen molar-refractivity contribution in [3.05, 3.63) is 87.6 Å². The molecule has 0 aliphatic carbocycles. The highest BCUT2D eigenvalue weighted by Crippen LogP contribution is 2.47. The van der Waals surface area contributed by atoms with Crippen molar-refractivity contribution in [1.82, 2.24) is 0 Å². The molecule has 1 heterocycles. The molecule has 28 heavy (non-hydrogen) atoms. The molecule has 2 aromatic rings. The fourth-order valence-corrected chi connectivity index (χ4v) is 3.42. The lowest BCUT2D eigenvalue weighted by Crippen LogP contribution is -2.55. The molecule has 0 bridgehead atoms. The van der Waals surface area contributed by atoms with E-state index >= 15 is 0 Å². The normalized spacial score (nSPS) is 18.7. The fraction of sp³-hybridized carbons (Fsp3) is 0.238. The summed E-state index contributed by atoms with van der Waals surface area (Å²) in [7, 11) is 0. The predicted octanol–water partition coefficient (Wildman–Crippen LogP) is 3.45. The van der Waals surface area contributed by atoms with E-state index in [1.54, 1.807) is 62.4 Å². The van der Waals surface area contributed by atoms with Gasteiger partial charge in [-0.1, -0.05) is 42.0 Å². The van der Waals surface area contributed by atoms with Crippen LogP contribution in [0.1, 0.15) is 34.3 Å². The van der Waals surface area contributed by atoms with Crippen LogP contribution in [0.5, 0.6) is 5.75 Å². The minimum atomic E-state index is -2.25. The number of hydrogen-bond donors (Lipinski definition) is 0. The number of aryl methyl sites for hydroxylation is 1. The van der Waals surface area contributed by atoms with Crippen molar-refractivity contribution < 1.29 is 24.0 Å². The van der Waals surface area contributed by atoms with Gasteiger partial charge in [0.25, 0.3) is 11.3 Å². The Morgan fingerprint density at radius 3 is 2.57 bits per heavy atom. The van der Waals surface area contributed by atoms with Crippen LogP contribution in [-0.4, -0.2) is 28.9 Å². The topological polar surface area (TPSA) is 95.7 Å². The number of hydrogen-bond acceptors (Lipinski definition) is 6. The van der Waals surface area contributed by atoms with Crippen LogP contribution in [0, 0.1) is 17.0 Å². The fourth-order valence-electron chi connectivity index (χ4n) is 3.42. The van der Waals surface area contributed by atoms with Crippen molar-refractivity contribution in [3.63, 3.8) is 0 Å². The number of fused-ring (bicyclic) bond motifs is 1. The van der Waals surface area contributed by atoms with Crippen molar-refractivity contribution in [3.8, 4) is 5.75 Å². The Hall–Kier alpha value is -3.48. The quantitative estimate of drug-likeness (QED) is 0.329. The molecule has 2 aromatic carbocycles. The highest BCUT2D eigenvalue weighted by Gasteiger charge is 2.64. The third-order valence-electron chi connectivity index (χ3n) is 4.67. The van der Waals surface area contributed by atoms with E-state index in [9.17, 15) is 19.7 Å². The third kappa shape index (κ3) is 2.94. The van der Waals surface area contributed by atoms with E-state index in [0.29, 0.717) is 5.56 Å². The highest BCUT2D eigenvalue weighted by atomic mass is 16.6. The lowest BCUT2D eigenvalue weighted by atomic mass is 9.76. The molecule has 0 aromatic heterocycles. The van der Waals surface area contributed by atoms with Crippen LogP contribution in [0.2, 0.25) is 0 Å². The summed E-state index contributed by atoms with van der Waals surface area (Å²) >= 11 is 0. The third-order valence-corrected chi connectivity index (χ3v) is 4.67. The maximum absolute atomic E-state index is 13.4. The standard InChI is InChI=1S/C21H19NO6/c1-4-27-20(24)21(19(23)16-12-13(2)10-11-17(16)28-21)18(14(3)22(25)26)15-8-6-5-7-9-15/h5-12,18H,3-4H2,1-2H3/t18-,21-/m1/s1. The number of rotatable bonds is 6. The molecule has 144 valence electrons. The first-order valence-corrected chi connectivity index (χ1v) is 8.72. The molecular weight excluding hydrogens is 362 g/mol. The van der Waals surface area contributed by atoms with E-state index in [1.807, 2.05) is 0 Å². The number of nitrogens with zero attached hydrogens (tertiary/aromatic N) is 1. The Kier molecular flexibility index (Phi) is 5.00. The summed E-state index contributed by atoms with van der Waals surface area (Å²) in [6, 6.07) is 13.1. The second-order valence-electron chi connectivity index (χ2n) is 6.48. The van der Waals surface area contributed by atoms with Gasteiger partial charge in [-0.25, -0.2) is 4.79 Å². The van der Waals surface area contributed by atoms with Crippen LogP contribution >= 0.6 is 0 Å². The maximum atomic E-state index is 13.4. The lowest BCUT2D eigenvalue weighted by Gasteiger charge is -2.31. The average Bonchev–Trinajstić information content (AvgIpc) is 2.96. The molecule has 7 heteroatoms. The van der Waals surface area contributed by atoms with Gasteiger partial charge in [-0.3, -0.25) is 14.9 Å². The molecule has 0 fully saturated rings. The number of benzene rings is 2. The zero-order valence-corrected chi connectivity index (χ0v) is 15.5. The molecule has 0 saturated heterocycles. The summed E-state index contributed by atoms with van der Waals surface area (Å²) in [6.45, 7) is 6.90. The molecular formula is C21H19NO6. The van der Waals surface area contributed by atoms with Crippen molar-refractivity contribution in [2.75, 3.05) is 6.61 Å². The smallest absolute Gasteiger partial charge is 0.360 e. The minimum Gasteiger partial charge on any atom is -0.465 e. The highest BCUT2D eigenvalue weighted by molar-refractivity contribution is 6.20. The number of Topliss-reactive ketones (excluding diaryl/α,β-unsaturated/α-hetero) is 1. The van der Waals surface area contributed by atoms with E-state index < -0.39 is 33.9 Å². The largest absolute Gasteiger partial charge is 0.465 e. The van der Waals surface area contributed by atoms with Crippen molar-refractivity contribution >= 4 is 11.8 Å². The van der Waals surface area contributed by atoms with Crippen LogP contribution in [-0.2, 0) is 9.53 Å². The van der Waals surface area contributed by atoms with Crippen molar-refractivity contribution in [2.45, 2.75) is 25.4 Å². The Labute approximate surface area is 161 Å². The minimum absolute atomic E-state index is 0.0148. The van der Waals surface area contributed by atoms with Gasteiger partial charge >= 0.3 is 5.97 Å².